The van der Waals surface area contributed by atoms with Crippen molar-refractivity contribution in [3.05, 3.63) is 54.4 Å². The van der Waals surface area contributed by atoms with Gasteiger partial charge in [0.05, 0.1) is 0 Å². The zero-order valence-corrected chi connectivity index (χ0v) is 11.1. The number of benzene rings is 1. The number of rotatable bonds is 5. The molecule has 0 spiro atoms. The monoisotopic (exact) mass is 272 g/mol. The van der Waals surface area contributed by atoms with E-state index in [1.807, 2.05) is 41.2 Å². The van der Waals surface area contributed by atoms with Crippen molar-refractivity contribution in [2.45, 2.75) is 19.4 Å². The van der Waals surface area contributed by atoms with Gasteiger partial charge in [-0.15, -0.1) is 0 Å². The maximum Gasteiger partial charge on any atom is 0.326 e. The fraction of sp³-hybridized carbons (Fsp3) is 0.200. The first-order valence-electron chi connectivity index (χ1n) is 6.39. The van der Waals surface area contributed by atoms with Crippen LogP contribution >= 0.6 is 0 Å². The summed E-state index contributed by atoms with van der Waals surface area (Å²) < 4.78 is 1.92. The third-order valence-electron chi connectivity index (χ3n) is 3.04. The van der Waals surface area contributed by atoms with Crippen molar-refractivity contribution in [1.29, 1.82) is 0 Å². The molecular weight excluding hydrogens is 256 g/mol. The van der Waals surface area contributed by atoms with E-state index in [1.54, 1.807) is 19.1 Å². The van der Waals surface area contributed by atoms with Crippen LogP contribution in [0, 0.1) is 0 Å². The molecule has 0 unspecified atom stereocenters. The lowest BCUT2D eigenvalue weighted by Crippen LogP contribution is -2.40. The van der Waals surface area contributed by atoms with Crippen LogP contribution in [0.15, 0.2) is 48.8 Å². The Hall–Kier alpha value is -2.56. The molecule has 0 saturated carbocycles. The number of nitrogens with zero attached hydrogens (tertiary/aromatic N) is 1. The smallest absolute Gasteiger partial charge is 0.326 e. The Morgan fingerprint density at radius 3 is 2.30 bits per heavy atom. The van der Waals surface area contributed by atoms with Gasteiger partial charge in [0.2, 0.25) is 0 Å². The lowest BCUT2D eigenvalue weighted by atomic mass is 10.1. The minimum atomic E-state index is -1.02. The number of amides is 1. The summed E-state index contributed by atoms with van der Waals surface area (Å²) in [4.78, 5) is 22.8. The van der Waals surface area contributed by atoms with E-state index >= 15 is 0 Å². The summed E-state index contributed by atoms with van der Waals surface area (Å²) in [7, 11) is 0. The molecule has 0 fully saturated rings. The molecule has 2 rings (SSSR count). The quantitative estimate of drug-likeness (QED) is 0.875. The molecule has 1 aromatic heterocycles. The van der Waals surface area contributed by atoms with Gasteiger partial charge in [0.1, 0.15) is 6.04 Å². The van der Waals surface area contributed by atoms with Crippen LogP contribution in [0.1, 0.15) is 23.7 Å². The summed E-state index contributed by atoms with van der Waals surface area (Å²) >= 11 is 0. The molecule has 0 aliphatic heterocycles. The molecule has 1 amide bonds. The summed E-state index contributed by atoms with van der Waals surface area (Å²) in [6.45, 7) is 1.72. The van der Waals surface area contributed by atoms with Crippen LogP contribution in [-0.2, 0) is 4.79 Å². The van der Waals surface area contributed by atoms with Crippen LogP contribution in [0.25, 0.3) is 5.69 Å². The second-order valence-corrected chi connectivity index (χ2v) is 4.41. The van der Waals surface area contributed by atoms with E-state index in [0.717, 1.165) is 5.69 Å². The molecular formula is C15H16N2O3. The van der Waals surface area contributed by atoms with Gasteiger partial charge in [-0.25, -0.2) is 4.79 Å². The second kappa shape index (κ2) is 6.06. The summed E-state index contributed by atoms with van der Waals surface area (Å²) in [5.41, 5.74) is 1.39. The van der Waals surface area contributed by atoms with Gasteiger partial charge in [-0.1, -0.05) is 6.92 Å². The van der Waals surface area contributed by atoms with Crippen molar-refractivity contribution in [2.24, 2.45) is 0 Å². The largest absolute Gasteiger partial charge is 0.480 e. The normalized spacial score (nSPS) is 11.8. The molecule has 1 heterocycles. The highest BCUT2D eigenvalue weighted by molar-refractivity contribution is 5.96. The minimum absolute atomic E-state index is 0.350. The number of aromatic nitrogens is 1. The van der Waals surface area contributed by atoms with E-state index in [2.05, 4.69) is 5.32 Å². The Labute approximate surface area is 116 Å². The number of carboxylic acids is 1. The highest BCUT2D eigenvalue weighted by atomic mass is 16.4. The van der Waals surface area contributed by atoms with E-state index in [-0.39, 0.29) is 5.91 Å². The summed E-state index contributed by atoms with van der Waals surface area (Å²) in [5.74, 6) is -1.40. The molecule has 5 nitrogen and oxygen atoms in total. The number of carboxylic acid groups (broad SMARTS) is 1. The van der Waals surface area contributed by atoms with Gasteiger partial charge in [0, 0.05) is 23.6 Å². The highest BCUT2D eigenvalue weighted by Gasteiger charge is 2.18. The third kappa shape index (κ3) is 3.06. The third-order valence-corrected chi connectivity index (χ3v) is 3.04. The molecule has 5 heteroatoms. The van der Waals surface area contributed by atoms with Gasteiger partial charge in [0.25, 0.3) is 5.91 Å². The number of carbonyl (C=O) groups excluding carboxylic acids is 1. The average Bonchev–Trinajstić information content (AvgIpc) is 2.98. The molecule has 2 aromatic rings. The number of carbonyl (C=O) groups is 2. The Balaban J connectivity index is 2.10. The second-order valence-electron chi connectivity index (χ2n) is 4.41. The van der Waals surface area contributed by atoms with E-state index in [9.17, 15) is 9.59 Å². The van der Waals surface area contributed by atoms with E-state index < -0.39 is 12.0 Å². The van der Waals surface area contributed by atoms with Crippen molar-refractivity contribution in [2.75, 3.05) is 0 Å². The molecule has 104 valence electrons. The highest BCUT2D eigenvalue weighted by Crippen LogP contribution is 2.10. The van der Waals surface area contributed by atoms with Crippen LogP contribution in [0.4, 0.5) is 0 Å². The Kier molecular flexibility index (Phi) is 4.20. The minimum Gasteiger partial charge on any atom is -0.480 e. The molecule has 0 saturated heterocycles. The molecule has 20 heavy (non-hydrogen) atoms. The van der Waals surface area contributed by atoms with E-state index in [0.29, 0.717) is 12.0 Å². The molecule has 2 N–H and O–H groups in total. The van der Waals surface area contributed by atoms with Gasteiger partial charge in [-0.3, -0.25) is 4.79 Å². The van der Waals surface area contributed by atoms with Gasteiger partial charge in [0.15, 0.2) is 0 Å². The Morgan fingerprint density at radius 1 is 1.20 bits per heavy atom. The van der Waals surface area contributed by atoms with Gasteiger partial charge >= 0.3 is 5.97 Å². The number of hydrogen-bond donors (Lipinski definition) is 2. The van der Waals surface area contributed by atoms with Crippen LogP contribution < -0.4 is 5.32 Å². The lowest BCUT2D eigenvalue weighted by molar-refractivity contribution is -0.139. The summed E-state index contributed by atoms with van der Waals surface area (Å²) in [6, 6.07) is 9.97. The van der Waals surface area contributed by atoms with Crippen LogP contribution in [-0.4, -0.2) is 27.6 Å². The first-order chi connectivity index (χ1) is 9.61. The van der Waals surface area contributed by atoms with Crippen molar-refractivity contribution < 1.29 is 14.7 Å². The van der Waals surface area contributed by atoms with Crippen molar-refractivity contribution in [3.63, 3.8) is 0 Å². The Bertz CT molecular complexity index is 588. The zero-order valence-electron chi connectivity index (χ0n) is 11.1. The fourth-order valence-electron chi connectivity index (χ4n) is 1.87. The first-order valence-corrected chi connectivity index (χ1v) is 6.39. The molecule has 0 aliphatic rings. The van der Waals surface area contributed by atoms with Gasteiger partial charge < -0.3 is 15.0 Å². The molecule has 1 atom stereocenters. The van der Waals surface area contributed by atoms with Gasteiger partial charge in [-0.05, 0) is 42.8 Å². The predicted octanol–water partition coefficient (Wildman–Crippen LogP) is 2.07. The van der Waals surface area contributed by atoms with Crippen molar-refractivity contribution in [3.8, 4) is 5.69 Å². The van der Waals surface area contributed by atoms with Crippen LogP contribution in [0.5, 0.6) is 0 Å². The number of nitrogens with one attached hydrogen (secondary N) is 1. The first kappa shape index (κ1) is 13.9. The number of hydrogen-bond acceptors (Lipinski definition) is 2. The van der Waals surface area contributed by atoms with Gasteiger partial charge in [-0.2, -0.15) is 0 Å². The van der Waals surface area contributed by atoms with Crippen LogP contribution in [0.2, 0.25) is 0 Å². The average molecular weight is 272 g/mol. The maximum absolute atomic E-state index is 11.9. The zero-order chi connectivity index (χ0) is 14.5. The molecule has 0 bridgehead atoms. The SMILES string of the molecule is CC[C@@H](NC(=O)c1ccc(-n2cccc2)cc1)C(=O)O. The van der Waals surface area contributed by atoms with E-state index in [4.69, 9.17) is 5.11 Å². The fourth-order valence-corrected chi connectivity index (χ4v) is 1.87. The standard InChI is InChI=1S/C15H16N2O3/c1-2-13(15(19)20)16-14(18)11-5-7-12(8-6-11)17-9-3-4-10-17/h3-10,13H,2H2,1H3,(H,16,18)(H,19,20)/t13-/m1/s1. The predicted molar refractivity (Wildman–Crippen MR) is 75.0 cm³/mol. The molecule has 0 aliphatic carbocycles. The van der Waals surface area contributed by atoms with Crippen LogP contribution in [0.3, 0.4) is 0 Å². The maximum atomic E-state index is 11.9. The summed E-state index contributed by atoms with van der Waals surface area (Å²) in [5, 5.41) is 11.4. The van der Waals surface area contributed by atoms with Crippen molar-refractivity contribution in [1.82, 2.24) is 9.88 Å². The Morgan fingerprint density at radius 2 is 1.80 bits per heavy atom. The molecule has 0 radical (unpaired) electrons. The molecule has 1 aromatic carbocycles. The summed E-state index contributed by atoms with van der Waals surface area (Å²) in [6.07, 6.45) is 4.17. The lowest BCUT2D eigenvalue weighted by Gasteiger charge is -2.12. The number of aliphatic carboxylic acids is 1. The van der Waals surface area contributed by atoms with Crippen molar-refractivity contribution >= 4 is 11.9 Å². The van der Waals surface area contributed by atoms with E-state index in [1.165, 1.54) is 0 Å². The topological polar surface area (TPSA) is 71.3 Å².